The van der Waals surface area contributed by atoms with Gasteiger partial charge in [-0.05, 0) is 49.7 Å². The molecule has 0 fully saturated rings. The van der Waals surface area contributed by atoms with E-state index in [-0.39, 0.29) is 40.5 Å². The lowest BCUT2D eigenvalue weighted by molar-refractivity contribution is 0.0530. The molecule has 2 aromatic carbocycles. The number of hydrogen-bond donors (Lipinski definition) is 1. The number of rotatable bonds is 8. The quantitative estimate of drug-likeness (QED) is 0.331. The molecule has 0 spiro atoms. The second-order valence-electron chi connectivity index (χ2n) is 9.80. The molecule has 0 unspecified atom stereocenters. The van der Waals surface area contributed by atoms with E-state index in [2.05, 4.69) is 0 Å². The van der Waals surface area contributed by atoms with Crippen molar-refractivity contribution in [3.63, 3.8) is 0 Å². The molecular formula is C26H24ClF2N3O7S. The molecular weight excluding hydrogens is 572 g/mol. The lowest BCUT2D eigenvalue weighted by Gasteiger charge is -2.15. The van der Waals surface area contributed by atoms with Crippen LogP contribution >= 0.6 is 11.6 Å². The third-order valence-corrected chi connectivity index (χ3v) is 7.22. The van der Waals surface area contributed by atoms with Crippen molar-refractivity contribution in [2.75, 3.05) is 6.26 Å². The highest BCUT2D eigenvalue weighted by molar-refractivity contribution is 7.89. The monoisotopic (exact) mass is 595 g/mol. The number of fused-ring (bicyclic) bond motifs is 1. The predicted octanol–water partition coefficient (Wildman–Crippen LogP) is 3.13. The van der Waals surface area contributed by atoms with E-state index in [4.69, 9.17) is 16.3 Å². The van der Waals surface area contributed by atoms with E-state index in [1.54, 1.807) is 0 Å². The molecule has 10 nitrogen and oxygen atoms in total. The Morgan fingerprint density at radius 3 is 2.40 bits per heavy atom. The third-order valence-electron chi connectivity index (χ3n) is 5.85. The summed E-state index contributed by atoms with van der Waals surface area (Å²) >= 11 is 6.19. The van der Waals surface area contributed by atoms with Gasteiger partial charge in [0.25, 0.3) is 5.56 Å². The van der Waals surface area contributed by atoms with Gasteiger partial charge >= 0.3 is 5.69 Å². The Morgan fingerprint density at radius 1 is 1.07 bits per heavy atom. The Kier molecular flexibility index (Phi) is 7.76. The largest absolute Gasteiger partial charge is 0.487 e. The zero-order chi connectivity index (χ0) is 29.6. The van der Waals surface area contributed by atoms with Crippen molar-refractivity contribution in [2.24, 2.45) is 0 Å². The summed E-state index contributed by atoms with van der Waals surface area (Å²) in [7, 11) is -4.15. The first kappa shape index (κ1) is 29.2. The van der Waals surface area contributed by atoms with Gasteiger partial charge in [-0.1, -0.05) is 17.7 Å². The highest BCUT2D eigenvalue weighted by Crippen LogP contribution is 2.23. The summed E-state index contributed by atoms with van der Waals surface area (Å²) in [5.74, 6) is -2.39. The predicted molar refractivity (Wildman–Crippen MR) is 143 cm³/mol. The van der Waals surface area contributed by atoms with Crippen molar-refractivity contribution in [3.05, 3.63) is 97.3 Å². The van der Waals surface area contributed by atoms with E-state index in [9.17, 15) is 36.7 Å². The van der Waals surface area contributed by atoms with Gasteiger partial charge < -0.3 is 14.4 Å². The smallest absolute Gasteiger partial charge is 0.349 e. The van der Waals surface area contributed by atoms with E-state index in [0.717, 1.165) is 12.3 Å². The topological polar surface area (TPSA) is 130 Å². The molecule has 0 atom stereocenters. The summed E-state index contributed by atoms with van der Waals surface area (Å²) in [5, 5.41) is 9.72. The highest BCUT2D eigenvalue weighted by atomic mass is 35.5. The van der Waals surface area contributed by atoms with Crippen molar-refractivity contribution >= 4 is 38.6 Å². The molecule has 0 saturated heterocycles. The molecule has 0 aliphatic carbocycles. The molecule has 4 aromatic rings. The maximum atomic E-state index is 13.9. The average molecular weight is 596 g/mol. The molecule has 212 valence electrons. The summed E-state index contributed by atoms with van der Waals surface area (Å²) in [6, 6.07) is 8.59. The van der Waals surface area contributed by atoms with Crippen molar-refractivity contribution in [1.29, 1.82) is 0 Å². The lowest BCUT2D eigenvalue weighted by Crippen LogP contribution is -2.35. The summed E-state index contributed by atoms with van der Waals surface area (Å²) in [6.45, 7) is 2.36. The fraction of sp³-hybridized carbons (Fsp3) is 0.269. The van der Waals surface area contributed by atoms with Gasteiger partial charge in [0.05, 0.1) is 35.9 Å². The number of ether oxygens (including phenoxy) is 1. The Bertz CT molecular complexity index is 1870. The zero-order valence-electron chi connectivity index (χ0n) is 21.5. The maximum absolute atomic E-state index is 13.9. The normalized spacial score (nSPS) is 12.2. The standard InChI is InChI=1S/C26H24ClF2N3O7S/c1-26(2,36)12-22(33)31-19-7-4-15(10-20(19)32(25(31)35)40(3,37)38)13-30-9-8-21(23(27)24(30)34)39-14-16-5-6-17(28)11-18(16)29/h4-11,36H,12-14H2,1-3H3. The van der Waals surface area contributed by atoms with Gasteiger partial charge in [0.15, 0.2) is 0 Å². The van der Waals surface area contributed by atoms with Gasteiger partial charge in [0.1, 0.15) is 29.0 Å². The second-order valence-corrected chi connectivity index (χ2v) is 12.0. The van der Waals surface area contributed by atoms with E-state index in [1.165, 1.54) is 54.9 Å². The number of benzene rings is 2. The van der Waals surface area contributed by atoms with Crippen LogP contribution in [0.1, 0.15) is 36.2 Å². The number of carbonyl (C=O) groups excluding carboxylic acids is 1. The summed E-state index contributed by atoms with van der Waals surface area (Å²) in [4.78, 5) is 38.7. The molecule has 4 rings (SSSR count). The molecule has 40 heavy (non-hydrogen) atoms. The fourth-order valence-electron chi connectivity index (χ4n) is 4.08. The molecule has 2 heterocycles. The van der Waals surface area contributed by atoms with Gasteiger partial charge in [-0.3, -0.25) is 9.59 Å². The Balaban J connectivity index is 1.68. The number of aromatic nitrogens is 3. The first-order valence-corrected chi connectivity index (χ1v) is 14.0. The van der Waals surface area contributed by atoms with E-state index >= 15 is 0 Å². The number of halogens is 3. The summed E-state index contributed by atoms with van der Waals surface area (Å²) < 4.78 is 59.7. The van der Waals surface area contributed by atoms with Crippen molar-refractivity contribution in [2.45, 2.75) is 39.0 Å². The van der Waals surface area contributed by atoms with Crippen LogP contribution in [-0.2, 0) is 23.2 Å². The maximum Gasteiger partial charge on any atom is 0.349 e. The number of aliphatic hydroxyl groups is 1. The first-order chi connectivity index (χ1) is 18.6. The van der Waals surface area contributed by atoms with Crippen LogP contribution in [0.5, 0.6) is 5.75 Å². The highest BCUT2D eigenvalue weighted by Gasteiger charge is 2.27. The Labute approximate surface area is 231 Å². The minimum Gasteiger partial charge on any atom is -0.487 e. The molecule has 0 aliphatic heterocycles. The molecule has 1 N–H and O–H groups in total. The Morgan fingerprint density at radius 2 is 1.77 bits per heavy atom. The molecule has 0 saturated carbocycles. The van der Waals surface area contributed by atoms with Crippen LogP contribution in [0.4, 0.5) is 8.78 Å². The summed E-state index contributed by atoms with van der Waals surface area (Å²) in [5.41, 5.74) is -2.85. The second kappa shape index (κ2) is 10.6. The zero-order valence-corrected chi connectivity index (χ0v) is 23.1. The molecule has 0 aliphatic rings. The average Bonchev–Trinajstić information content (AvgIpc) is 3.13. The van der Waals surface area contributed by atoms with Crippen molar-refractivity contribution in [1.82, 2.24) is 13.1 Å². The van der Waals surface area contributed by atoms with E-state index in [1.807, 2.05) is 0 Å². The van der Waals surface area contributed by atoms with Crippen molar-refractivity contribution in [3.8, 4) is 5.75 Å². The van der Waals surface area contributed by atoms with Crippen LogP contribution in [0.15, 0.2) is 58.3 Å². The van der Waals surface area contributed by atoms with Crippen LogP contribution in [0, 0.1) is 11.6 Å². The van der Waals surface area contributed by atoms with Crippen LogP contribution in [-0.4, -0.2) is 44.4 Å². The van der Waals surface area contributed by atoms with E-state index in [0.29, 0.717) is 20.2 Å². The third kappa shape index (κ3) is 6.01. The first-order valence-electron chi connectivity index (χ1n) is 11.7. The lowest BCUT2D eigenvalue weighted by atomic mass is 10.1. The number of pyridine rings is 1. The van der Waals surface area contributed by atoms with Crippen LogP contribution in [0.2, 0.25) is 5.02 Å². The number of imidazole rings is 1. The molecule has 14 heteroatoms. The fourth-order valence-corrected chi connectivity index (χ4v) is 5.18. The van der Waals surface area contributed by atoms with Gasteiger partial charge in [-0.15, -0.1) is 0 Å². The molecule has 0 radical (unpaired) electrons. The SMILES string of the molecule is CC(C)(O)CC(=O)n1c(=O)n(S(C)(=O)=O)c2cc(Cn3ccc(OCc4ccc(F)cc4F)c(Cl)c3=O)ccc21. The van der Waals surface area contributed by atoms with E-state index < -0.39 is 50.8 Å². The molecule has 2 aromatic heterocycles. The van der Waals surface area contributed by atoms with Gasteiger partial charge in [-0.2, -0.15) is 3.97 Å². The van der Waals surface area contributed by atoms with Crippen LogP contribution in [0.3, 0.4) is 0 Å². The minimum atomic E-state index is -4.15. The summed E-state index contributed by atoms with van der Waals surface area (Å²) in [6.07, 6.45) is 1.73. The molecule has 0 bridgehead atoms. The van der Waals surface area contributed by atoms with Gasteiger partial charge in [0.2, 0.25) is 15.9 Å². The van der Waals surface area contributed by atoms with Crippen LogP contribution in [0.25, 0.3) is 11.0 Å². The van der Waals surface area contributed by atoms with Gasteiger partial charge in [-0.25, -0.2) is 26.6 Å². The minimum absolute atomic E-state index is 0.00979. The number of hydrogen-bond acceptors (Lipinski definition) is 7. The van der Waals surface area contributed by atoms with Gasteiger partial charge in [0, 0.05) is 17.8 Å². The molecule has 0 amide bonds. The number of carbonyl (C=O) groups is 1. The number of nitrogens with zero attached hydrogens (tertiary/aromatic N) is 3. The van der Waals surface area contributed by atoms with Crippen LogP contribution < -0.4 is 16.0 Å². The van der Waals surface area contributed by atoms with Crippen molar-refractivity contribution < 1.29 is 31.8 Å². The Hall–Kier alpha value is -3.81.